The second kappa shape index (κ2) is 5.83. The minimum atomic E-state index is 0.463. The molecule has 0 bridgehead atoms. The van der Waals surface area contributed by atoms with Crippen LogP contribution in [0.4, 0.5) is 0 Å². The summed E-state index contributed by atoms with van der Waals surface area (Å²) in [5.74, 6) is 1.60. The number of fused-ring (bicyclic) bond motifs is 1. The van der Waals surface area contributed by atoms with Crippen molar-refractivity contribution < 1.29 is 9.47 Å². The minimum Gasteiger partial charge on any atom is -0.496 e. The number of hydrogen-bond donors (Lipinski definition) is 0. The molecule has 106 valence electrons. The SMILES string of the molecule is COc1ccc(C)cc1COc1cnc2ccccc2c1. The maximum Gasteiger partial charge on any atom is 0.138 e. The first-order valence-corrected chi connectivity index (χ1v) is 6.87. The molecule has 0 unspecified atom stereocenters. The van der Waals surface area contributed by atoms with Crippen LogP contribution in [-0.4, -0.2) is 12.1 Å². The normalized spacial score (nSPS) is 10.6. The fraction of sp³-hybridized carbons (Fsp3) is 0.167. The van der Waals surface area contributed by atoms with Gasteiger partial charge in [-0.15, -0.1) is 0 Å². The van der Waals surface area contributed by atoms with Crippen molar-refractivity contribution in [1.29, 1.82) is 0 Å². The number of methoxy groups -OCH3 is 1. The van der Waals surface area contributed by atoms with Crippen LogP contribution < -0.4 is 9.47 Å². The lowest BCUT2D eigenvalue weighted by Gasteiger charge is -2.11. The summed E-state index contributed by atoms with van der Waals surface area (Å²) < 4.78 is 11.2. The van der Waals surface area contributed by atoms with E-state index in [-0.39, 0.29) is 0 Å². The van der Waals surface area contributed by atoms with Gasteiger partial charge in [0.1, 0.15) is 18.1 Å². The Hall–Kier alpha value is -2.55. The second-order valence-corrected chi connectivity index (χ2v) is 4.97. The van der Waals surface area contributed by atoms with Crippen molar-refractivity contribution in [2.75, 3.05) is 7.11 Å². The zero-order chi connectivity index (χ0) is 14.7. The van der Waals surface area contributed by atoms with Gasteiger partial charge in [0.05, 0.1) is 18.8 Å². The van der Waals surface area contributed by atoms with Crippen LogP contribution in [0.2, 0.25) is 0 Å². The molecule has 1 heterocycles. The van der Waals surface area contributed by atoms with Gasteiger partial charge in [0.25, 0.3) is 0 Å². The first-order valence-electron chi connectivity index (χ1n) is 6.87. The van der Waals surface area contributed by atoms with Crippen LogP contribution in [0.1, 0.15) is 11.1 Å². The summed E-state index contributed by atoms with van der Waals surface area (Å²) in [5, 5.41) is 1.08. The van der Waals surface area contributed by atoms with Gasteiger partial charge >= 0.3 is 0 Å². The Bertz CT molecular complexity index is 768. The summed E-state index contributed by atoms with van der Waals surface area (Å²) in [5.41, 5.74) is 3.19. The van der Waals surface area contributed by atoms with Gasteiger partial charge in [-0.25, -0.2) is 0 Å². The maximum atomic E-state index is 5.86. The van der Waals surface area contributed by atoms with Gasteiger partial charge in [0.2, 0.25) is 0 Å². The van der Waals surface area contributed by atoms with Gasteiger partial charge < -0.3 is 9.47 Å². The molecule has 2 aromatic carbocycles. The van der Waals surface area contributed by atoms with E-state index in [1.807, 2.05) is 42.5 Å². The summed E-state index contributed by atoms with van der Waals surface area (Å²) in [6, 6.07) is 16.1. The Labute approximate surface area is 124 Å². The smallest absolute Gasteiger partial charge is 0.138 e. The highest BCUT2D eigenvalue weighted by Crippen LogP contribution is 2.23. The highest BCUT2D eigenvalue weighted by molar-refractivity contribution is 5.79. The number of para-hydroxylation sites is 1. The number of benzene rings is 2. The molecule has 0 aliphatic carbocycles. The molecule has 0 amide bonds. The number of nitrogens with zero attached hydrogens (tertiary/aromatic N) is 1. The van der Waals surface area contributed by atoms with E-state index in [4.69, 9.17) is 9.47 Å². The Morgan fingerprint density at radius 1 is 1.05 bits per heavy atom. The van der Waals surface area contributed by atoms with E-state index in [1.54, 1.807) is 13.3 Å². The van der Waals surface area contributed by atoms with Gasteiger partial charge in [0, 0.05) is 10.9 Å². The topological polar surface area (TPSA) is 31.4 Å². The van der Waals surface area contributed by atoms with Crippen LogP contribution in [0.15, 0.2) is 54.7 Å². The summed E-state index contributed by atoms with van der Waals surface area (Å²) in [6.07, 6.45) is 1.75. The van der Waals surface area contributed by atoms with Crippen molar-refractivity contribution >= 4 is 10.9 Å². The molecule has 3 aromatic rings. The summed E-state index contributed by atoms with van der Waals surface area (Å²) in [6.45, 7) is 2.52. The van der Waals surface area contributed by atoms with E-state index < -0.39 is 0 Å². The molecule has 0 saturated carbocycles. The zero-order valence-corrected chi connectivity index (χ0v) is 12.2. The molecule has 0 fully saturated rings. The molecule has 1 aromatic heterocycles. The summed E-state index contributed by atoms with van der Waals surface area (Å²) in [7, 11) is 1.67. The quantitative estimate of drug-likeness (QED) is 0.719. The molecule has 0 saturated heterocycles. The van der Waals surface area contributed by atoms with Crippen molar-refractivity contribution in [3.05, 3.63) is 65.9 Å². The van der Waals surface area contributed by atoms with Gasteiger partial charge in [0.15, 0.2) is 0 Å². The molecule has 0 aliphatic heterocycles. The molecule has 0 N–H and O–H groups in total. The van der Waals surface area contributed by atoms with E-state index in [9.17, 15) is 0 Å². The first kappa shape index (κ1) is 13.4. The number of ether oxygens (including phenoxy) is 2. The Morgan fingerprint density at radius 3 is 2.76 bits per heavy atom. The van der Waals surface area contributed by atoms with E-state index in [2.05, 4.69) is 18.0 Å². The van der Waals surface area contributed by atoms with Crippen LogP contribution in [-0.2, 0) is 6.61 Å². The highest BCUT2D eigenvalue weighted by Gasteiger charge is 2.05. The summed E-state index contributed by atoms with van der Waals surface area (Å²) in [4.78, 5) is 4.40. The van der Waals surface area contributed by atoms with Gasteiger partial charge in [-0.1, -0.05) is 29.8 Å². The van der Waals surface area contributed by atoms with Crippen molar-refractivity contribution in [3.8, 4) is 11.5 Å². The van der Waals surface area contributed by atoms with E-state index in [1.165, 1.54) is 5.56 Å². The fourth-order valence-electron chi connectivity index (χ4n) is 2.31. The third-order valence-electron chi connectivity index (χ3n) is 3.40. The molecular weight excluding hydrogens is 262 g/mol. The van der Waals surface area contributed by atoms with Crippen LogP contribution >= 0.6 is 0 Å². The van der Waals surface area contributed by atoms with Crippen LogP contribution in [0, 0.1) is 6.92 Å². The monoisotopic (exact) mass is 279 g/mol. The summed E-state index contributed by atoms with van der Waals surface area (Å²) >= 11 is 0. The zero-order valence-electron chi connectivity index (χ0n) is 12.2. The lowest BCUT2D eigenvalue weighted by Crippen LogP contribution is -1.99. The average Bonchev–Trinajstić information content (AvgIpc) is 2.53. The van der Waals surface area contributed by atoms with E-state index in [0.29, 0.717) is 6.61 Å². The fourth-order valence-corrected chi connectivity index (χ4v) is 2.31. The second-order valence-electron chi connectivity index (χ2n) is 4.97. The number of pyridine rings is 1. The lowest BCUT2D eigenvalue weighted by atomic mass is 10.1. The Morgan fingerprint density at radius 2 is 1.90 bits per heavy atom. The maximum absolute atomic E-state index is 5.86. The number of aromatic nitrogens is 1. The largest absolute Gasteiger partial charge is 0.496 e. The molecule has 3 nitrogen and oxygen atoms in total. The number of hydrogen-bond acceptors (Lipinski definition) is 3. The van der Waals surface area contributed by atoms with E-state index in [0.717, 1.165) is 28.0 Å². The third-order valence-corrected chi connectivity index (χ3v) is 3.40. The Kier molecular flexibility index (Phi) is 3.73. The van der Waals surface area contributed by atoms with Crippen molar-refractivity contribution in [1.82, 2.24) is 4.98 Å². The molecule has 0 aliphatic rings. The molecule has 3 heteroatoms. The first-order chi connectivity index (χ1) is 10.3. The standard InChI is InChI=1S/C18H17NO2/c1-13-7-8-18(20-2)15(9-13)12-21-16-10-14-5-3-4-6-17(14)19-11-16/h3-11H,12H2,1-2H3. The van der Waals surface area contributed by atoms with Gasteiger partial charge in [-0.05, 0) is 31.2 Å². The van der Waals surface area contributed by atoms with Crippen molar-refractivity contribution in [2.24, 2.45) is 0 Å². The molecule has 0 atom stereocenters. The van der Waals surface area contributed by atoms with Gasteiger partial charge in [-0.2, -0.15) is 0 Å². The molecular formula is C18H17NO2. The molecule has 0 radical (unpaired) electrons. The molecule has 0 spiro atoms. The lowest BCUT2D eigenvalue weighted by molar-refractivity contribution is 0.296. The average molecular weight is 279 g/mol. The number of aryl methyl sites for hydroxylation is 1. The van der Waals surface area contributed by atoms with Gasteiger partial charge in [-0.3, -0.25) is 4.98 Å². The van der Waals surface area contributed by atoms with Crippen LogP contribution in [0.3, 0.4) is 0 Å². The van der Waals surface area contributed by atoms with Crippen molar-refractivity contribution in [2.45, 2.75) is 13.5 Å². The minimum absolute atomic E-state index is 0.463. The highest BCUT2D eigenvalue weighted by atomic mass is 16.5. The molecule has 3 rings (SSSR count). The predicted octanol–water partition coefficient (Wildman–Crippen LogP) is 4.13. The van der Waals surface area contributed by atoms with E-state index >= 15 is 0 Å². The third kappa shape index (κ3) is 2.97. The predicted molar refractivity (Wildman–Crippen MR) is 83.8 cm³/mol. The Balaban J connectivity index is 1.81. The molecule has 21 heavy (non-hydrogen) atoms. The van der Waals surface area contributed by atoms with Crippen LogP contribution in [0.5, 0.6) is 11.5 Å². The van der Waals surface area contributed by atoms with Crippen LogP contribution in [0.25, 0.3) is 10.9 Å². The van der Waals surface area contributed by atoms with Crippen molar-refractivity contribution in [3.63, 3.8) is 0 Å². The number of rotatable bonds is 4.